The summed E-state index contributed by atoms with van der Waals surface area (Å²) < 4.78 is 16.4. The highest BCUT2D eigenvalue weighted by molar-refractivity contribution is 4.86. The Bertz CT molecular complexity index is 148. The van der Waals surface area contributed by atoms with Crippen LogP contribution < -0.4 is 0 Å². The lowest BCUT2D eigenvalue weighted by molar-refractivity contribution is -0.263. The van der Waals surface area contributed by atoms with Crippen LogP contribution in [0, 0.1) is 0 Å². The van der Waals surface area contributed by atoms with Gasteiger partial charge in [0.25, 0.3) is 0 Å². The van der Waals surface area contributed by atoms with Gasteiger partial charge in [0.15, 0.2) is 12.1 Å². The second-order valence-electron chi connectivity index (χ2n) is 3.53. The molecule has 1 atom stereocenters. The molecule has 1 aliphatic heterocycles. The second kappa shape index (κ2) is 3.32. The van der Waals surface area contributed by atoms with E-state index in [4.69, 9.17) is 14.2 Å². The first-order valence-corrected chi connectivity index (χ1v) is 4.69. The van der Waals surface area contributed by atoms with Crippen LogP contribution in [0.15, 0.2) is 0 Å². The number of methoxy groups -OCH3 is 1. The van der Waals surface area contributed by atoms with Crippen molar-refractivity contribution in [2.45, 2.75) is 44.2 Å². The maximum absolute atomic E-state index is 5.69. The van der Waals surface area contributed by atoms with E-state index in [9.17, 15) is 0 Å². The van der Waals surface area contributed by atoms with Gasteiger partial charge in [-0.3, -0.25) is 0 Å². The smallest absolute Gasteiger partial charge is 0.171 e. The van der Waals surface area contributed by atoms with Gasteiger partial charge in [0.05, 0.1) is 0 Å². The Hall–Kier alpha value is -0.120. The Labute approximate surface area is 73.0 Å². The fourth-order valence-electron chi connectivity index (χ4n) is 1.52. The van der Waals surface area contributed by atoms with Gasteiger partial charge in [-0.25, -0.2) is 0 Å². The van der Waals surface area contributed by atoms with E-state index in [0.717, 1.165) is 25.9 Å². The first kappa shape index (κ1) is 8.48. The molecule has 2 rings (SSSR count). The van der Waals surface area contributed by atoms with Gasteiger partial charge in [-0.15, -0.1) is 0 Å². The van der Waals surface area contributed by atoms with Gasteiger partial charge in [0.1, 0.15) is 0 Å². The molecule has 1 saturated heterocycles. The molecule has 0 aromatic rings. The van der Waals surface area contributed by atoms with Crippen molar-refractivity contribution in [2.24, 2.45) is 0 Å². The zero-order valence-corrected chi connectivity index (χ0v) is 7.54. The quantitative estimate of drug-likeness (QED) is 0.606. The van der Waals surface area contributed by atoms with Crippen LogP contribution in [-0.2, 0) is 14.2 Å². The zero-order chi connectivity index (χ0) is 8.44. The van der Waals surface area contributed by atoms with Gasteiger partial charge in [0, 0.05) is 26.6 Å². The maximum atomic E-state index is 5.69. The summed E-state index contributed by atoms with van der Waals surface area (Å²) in [6, 6.07) is 0. The highest BCUT2D eigenvalue weighted by Gasteiger charge is 2.46. The zero-order valence-electron chi connectivity index (χ0n) is 7.54. The molecule has 0 N–H and O–H groups in total. The summed E-state index contributed by atoms with van der Waals surface area (Å²) in [5.74, 6) is -0.276. The van der Waals surface area contributed by atoms with Crippen LogP contribution in [0.1, 0.15) is 32.1 Å². The summed E-state index contributed by atoms with van der Waals surface area (Å²) in [4.78, 5) is 0. The predicted octanol–water partition coefficient (Wildman–Crippen LogP) is 1.67. The van der Waals surface area contributed by atoms with E-state index in [0.29, 0.717) is 0 Å². The normalized spacial score (nSPS) is 33.2. The van der Waals surface area contributed by atoms with Crippen LogP contribution in [0.3, 0.4) is 0 Å². The molecule has 0 spiro atoms. The molecule has 3 heteroatoms. The van der Waals surface area contributed by atoms with Crippen LogP contribution in [0.2, 0.25) is 0 Å². The fourth-order valence-corrected chi connectivity index (χ4v) is 1.52. The van der Waals surface area contributed by atoms with E-state index in [-0.39, 0.29) is 12.1 Å². The Balaban J connectivity index is 1.77. The standard InChI is InChI=1S/C9H16O3/c1-10-9(5-6-9)12-8-4-2-3-7-11-8/h8H,2-7H2,1H3. The van der Waals surface area contributed by atoms with Crippen molar-refractivity contribution in [1.29, 1.82) is 0 Å². The van der Waals surface area contributed by atoms with Crippen molar-refractivity contribution in [3.05, 3.63) is 0 Å². The van der Waals surface area contributed by atoms with Crippen molar-refractivity contribution in [1.82, 2.24) is 0 Å². The van der Waals surface area contributed by atoms with Gasteiger partial charge in [0.2, 0.25) is 0 Å². The first-order valence-electron chi connectivity index (χ1n) is 4.69. The number of hydrogen-bond donors (Lipinski definition) is 0. The minimum Gasteiger partial charge on any atom is -0.353 e. The fraction of sp³-hybridized carbons (Fsp3) is 1.00. The number of rotatable bonds is 3. The third-order valence-electron chi connectivity index (χ3n) is 2.51. The van der Waals surface area contributed by atoms with E-state index < -0.39 is 0 Å². The highest BCUT2D eigenvalue weighted by atomic mass is 16.8. The Morgan fingerprint density at radius 1 is 1.33 bits per heavy atom. The molecule has 1 saturated carbocycles. The molecule has 1 heterocycles. The molecule has 2 aliphatic rings. The SMILES string of the molecule is COC1(OC2CCCCO2)CC1. The summed E-state index contributed by atoms with van der Waals surface area (Å²) in [5, 5.41) is 0. The molecule has 12 heavy (non-hydrogen) atoms. The molecule has 0 aromatic carbocycles. The van der Waals surface area contributed by atoms with E-state index in [1.165, 1.54) is 12.8 Å². The number of hydrogen-bond acceptors (Lipinski definition) is 3. The van der Waals surface area contributed by atoms with Crippen LogP contribution in [-0.4, -0.2) is 25.8 Å². The Kier molecular flexibility index (Phi) is 2.35. The second-order valence-corrected chi connectivity index (χ2v) is 3.53. The van der Waals surface area contributed by atoms with E-state index in [2.05, 4.69) is 0 Å². The maximum Gasteiger partial charge on any atom is 0.171 e. The molecule has 2 fully saturated rings. The third-order valence-corrected chi connectivity index (χ3v) is 2.51. The van der Waals surface area contributed by atoms with Gasteiger partial charge < -0.3 is 14.2 Å². The van der Waals surface area contributed by atoms with Crippen LogP contribution in [0.5, 0.6) is 0 Å². The lowest BCUT2D eigenvalue weighted by Crippen LogP contribution is -2.30. The summed E-state index contributed by atoms with van der Waals surface area (Å²) in [5.41, 5.74) is 0. The summed E-state index contributed by atoms with van der Waals surface area (Å²) in [7, 11) is 1.70. The molecular weight excluding hydrogens is 156 g/mol. The van der Waals surface area contributed by atoms with Gasteiger partial charge in [-0.2, -0.15) is 0 Å². The Morgan fingerprint density at radius 3 is 2.67 bits per heavy atom. The third kappa shape index (κ3) is 1.79. The van der Waals surface area contributed by atoms with E-state index in [1.54, 1.807) is 7.11 Å². The highest BCUT2D eigenvalue weighted by Crippen LogP contribution is 2.42. The van der Waals surface area contributed by atoms with Crippen LogP contribution in [0.25, 0.3) is 0 Å². The van der Waals surface area contributed by atoms with Gasteiger partial charge in [-0.05, 0) is 19.3 Å². The first-order chi connectivity index (χ1) is 5.85. The summed E-state index contributed by atoms with van der Waals surface area (Å²) in [6.45, 7) is 0.838. The predicted molar refractivity (Wildman–Crippen MR) is 43.7 cm³/mol. The average molecular weight is 172 g/mol. The minimum absolute atomic E-state index is 0.0128. The molecule has 0 bridgehead atoms. The molecular formula is C9H16O3. The van der Waals surface area contributed by atoms with Crippen molar-refractivity contribution in [2.75, 3.05) is 13.7 Å². The lowest BCUT2D eigenvalue weighted by Gasteiger charge is -2.26. The minimum atomic E-state index is -0.276. The molecule has 0 radical (unpaired) electrons. The molecule has 70 valence electrons. The molecule has 0 aromatic heterocycles. The Morgan fingerprint density at radius 2 is 2.17 bits per heavy atom. The van der Waals surface area contributed by atoms with Crippen LogP contribution >= 0.6 is 0 Å². The van der Waals surface area contributed by atoms with E-state index in [1.807, 2.05) is 0 Å². The topological polar surface area (TPSA) is 27.7 Å². The van der Waals surface area contributed by atoms with Crippen LogP contribution in [0.4, 0.5) is 0 Å². The van der Waals surface area contributed by atoms with Crippen molar-refractivity contribution >= 4 is 0 Å². The van der Waals surface area contributed by atoms with Gasteiger partial charge >= 0.3 is 0 Å². The summed E-state index contributed by atoms with van der Waals surface area (Å²) in [6.07, 6.45) is 5.42. The monoisotopic (exact) mass is 172 g/mol. The van der Waals surface area contributed by atoms with Crippen molar-refractivity contribution < 1.29 is 14.2 Å². The van der Waals surface area contributed by atoms with Crippen molar-refractivity contribution in [3.63, 3.8) is 0 Å². The lowest BCUT2D eigenvalue weighted by atomic mass is 10.2. The van der Waals surface area contributed by atoms with Gasteiger partial charge in [-0.1, -0.05) is 0 Å². The molecule has 1 aliphatic carbocycles. The molecule has 1 unspecified atom stereocenters. The summed E-state index contributed by atoms with van der Waals surface area (Å²) >= 11 is 0. The largest absolute Gasteiger partial charge is 0.353 e. The average Bonchev–Trinajstić information content (AvgIpc) is 2.88. The van der Waals surface area contributed by atoms with Crippen molar-refractivity contribution in [3.8, 4) is 0 Å². The molecule has 0 amide bonds. The number of ether oxygens (including phenoxy) is 3. The van der Waals surface area contributed by atoms with E-state index >= 15 is 0 Å². The molecule has 3 nitrogen and oxygen atoms in total.